The van der Waals surface area contributed by atoms with E-state index in [1.165, 1.54) is 0 Å². The summed E-state index contributed by atoms with van der Waals surface area (Å²) in [6.07, 6.45) is 0. The van der Waals surface area contributed by atoms with Gasteiger partial charge in [0.25, 0.3) is 0 Å². The zero-order valence-electron chi connectivity index (χ0n) is 12.1. The highest BCUT2D eigenvalue weighted by molar-refractivity contribution is 5.81. The minimum atomic E-state index is -0.290. The van der Waals surface area contributed by atoms with Crippen LogP contribution in [0.3, 0.4) is 0 Å². The smallest absolute Gasteiger partial charge is 0.239 e. The molecule has 0 saturated carbocycles. The highest BCUT2D eigenvalue weighted by Crippen LogP contribution is 2.14. The van der Waals surface area contributed by atoms with E-state index >= 15 is 0 Å². The monoisotopic (exact) mass is 265 g/mol. The standard InChI is InChI=1S/C14H23N3O2/c1-5-17(6-2)14(19)11(4)15-9-12-13(18)8-7-10(3)16-12/h7-8,11,15,18H,5-6,9H2,1-4H3. The van der Waals surface area contributed by atoms with E-state index in [0.29, 0.717) is 25.3 Å². The molecule has 1 unspecified atom stereocenters. The van der Waals surface area contributed by atoms with E-state index in [9.17, 15) is 9.90 Å². The van der Waals surface area contributed by atoms with Crippen LogP contribution in [0.2, 0.25) is 0 Å². The predicted octanol–water partition coefficient (Wildman–Crippen LogP) is 1.44. The average Bonchev–Trinajstić information content (AvgIpc) is 2.40. The van der Waals surface area contributed by atoms with Crippen LogP contribution in [0.4, 0.5) is 0 Å². The number of likely N-dealkylation sites (N-methyl/N-ethyl adjacent to an activating group) is 1. The molecule has 1 atom stereocenters. The maximum absolute atomic E-state index is 12.1. The number of nitrogens with one attached hydrogen (secondary N) is 1. The van der Waals surface area contributed by atoms with Gasteiger partial charge in [-0.1, -0.05) is 0 Å². The lowest BCUT2D eigenvalue weighted by molar-refractivity contribution is -0.132. The molecule has 0 aliphatic heterocycles. The van der Waals surface area contributed by atoms with Crippen LogP contribution in [0.25, 0.3) is 0 Å². The molecule has 1 heterocycles. The Hall–Kier alpha value is -1.62. The van der Waals surface area contributed by atoms with Crippen molar-refractivity contribution in [2.45, 2.75) is 40.3 Å². The van der Waals surface area contributed by atoms with E-state index in [-0.39, 0.29) is 17.7 Å². The third kappa shape index (κ3) is 4.21. The normalized spacial score (nSPS) is 12.2. The third-order valence-electron chi connectivity index (χ3n) is 3.11. The van der Waals surface area contributed by atoms with Gasteiger partial charge in [-0.2, -0.15) is 0 Å². The lowest BCUT2D eigenvalue weighted by Crippen LogP contribution is -2.44. The van der Waals surface area contributed by atoms with Gasteiger partial charge in [0.15, 0.2) is 0 Å². The van der Waals surface area contributed by atoms with E-state index in [2.05, 4.69) is 10.3 Å². The molecule has 5 heteroatoms. The van der Waals surface area contributed by atoms with Crippen molar-refractivity contribution in [3.63, 3.8) is 0 Å². The van der Waals surface area contributed by atoms with Gasteiger partial charge in [-0.25, -0.2) is 0 Å². The number of carbonyl (C=O) groups excluding carboxylic acids is 1. The van der Waals surface area contributed by atoms with E-state index in [0.717, 1.165) is 5.69 Å². The molecule has 0 aliphatic rings. The summed E-state index contributed by atoms with van der Waals surface area (Å²) in [7, 11) is 0. The van der Waals surface area contributed by atoms with Crippen LogP contribution in [0, 0.1) is 6.92 Å². The first-order valence-electron chi connectivity index (χ1n) is 6.67. The fourth-order valence-electron chi connectivity index (χ4n) is 1.88. The quantitative estimate of drug-likeness (QED) is 0.817. The Morgan fingerprint density at radius 3 is 2.63 bits per heavy atom. The van der Waals surface area contributed by atoms with Crippen molar-refractivity contribution in [1.82, 2.24) is 15.2 Å². The Bertz CT molecular complexity index is 431. The molecular formula is C14H23N3O2. The van der Waals surface area contributed by atoms with Gasteiger partial charge in [0.05, 0.1) is 11.7 Å². The third-order valence-corrected chi connectivity index (χ3v) is 3.11. The van der Waals surface area contributed by atoms with Gasteiger partial charge < -0.3 is 15.3 Å². The van der Waals surface area contributed by atoms with Gasteiger partial charge in [0, 0.05) is 25.3 Å². The average molecular weight is 265 g/mol. The number of pyridine rings is 1. The molecule has 0 bridgehead atoms. The highest BCUT2D eigenvalue weighted by Gasteiger charge is 2.18. The number of aromatic hydroxyl groups is 1. The maximum atomic E-state index is 12.1. The molecule has 1 aromatic heterocycles. The minimum absolute atomic E-state index is 0.0668. The van der Waals surface area contributed by atoms with Gasteiger partial charge in [-0.15, -0.1) is 0 Å². The number of rotatable bonds is 6. The molecule has 1 aromatic rings. The van der Waals surface area contributed by atoms with Crippen LogP contribution in [-0.2, 0) is 11.3 Å². The molecule has 5 nitrogen and oxygen atoms in total. The van der Waals surface area contributed by atoms with Crippen molar-refractivity contribution in [3.8, 4) is 5.75 Å². The van der Waals surface area contributed by atoms with Crippen LogP contribution in [0.5, 0.6) is 5.75 Å². The predicted molar refractivity (Wildman–Crippen MR) is 74.9 cm³/mol. The number of carbonyl (C=O) groups is 1. The van der Waals surface area contributed by atoms with Gasteiger partial charge in [0.2, 0.25) is 5.91 Å². The number of aromatic nitrogens is 1. The number of nitrogens with zero attached hydrogens (tertiary/aromatic N) is 2. The maximum Gasteiger partial charge on any atom is 0.239 e. The highest BCUT2D eigenvalue weighted by atomic mass is 16.3. The molecule has 0 saturated heterocycles. The summed E-state index contributed by atoms with van der Waals surface area (Å²) in [4.78, 5) is 18.1. The molecule has 0 radical (unpaired) electrons. The molecule has 1 rings (SSSR count). The Morgan fingerprint density at radius 1 is 1.42 bits per heavy atom. The van der Waals surface area contributed by atoms with Crippen LogP contribution in [-0.4, -0.2) is 40.0 Å². The first-order valence-corrected chi connectivity index (χ1v) is 6.67. The van der Waals surface area contributed by atoms with Crippen LogP contribution in [0.1, 0.15) is 32.2 Å². The molecule has 2 N–H and O–H groups in total. The fraction of sp³-hybridized carbons (Fsp3) is 0.571. The van der Waals surface area contributed by atoms with Crippen molar-refractivity contribution in [3.05, 3.63) is 23.5 Å². The van der Waals surface area contributed by atoms with Crippen molar-refractivity contribution in [1.29, 1.82) is 0 Å². The topological polar surface area (TPSA) is 65.5 Å². The molecule has 1 amide bonds. The van der Waals surface area contributed by atoms with E-state index < -0.39 is 0 Å². The molecule has 106 valence electrons. The van der Waals surface area contributed by atoms with Crippen molar-refractivity contribution < 1.29 is 9.90 Å². The second kappa shape index (κ2) is 7.09. The van der Waals surface area contributed by atoms with Gasteiger partial charge in [-0.05, 0) is 39.8 Å². The van der Waals surface area contributed by atoms with Crippen molar-refractivity contribution in [2.24, 2.45) is 0 Å². The zero-order valence-corrected chi connectivity index (χ0v) is 12.1. The molecule has 19 heavy (non-hydrogen) atoms. The summed E-state index contributed by atoms with van der Waals surface area (Å²) in [6.45, 7) is 9.40. The van der Waals surface area contributed by atoms with Gasteiger partial charge in [0.1, 0.15) is 5.75 Å². The lowest BCUT2D eigenvalue weighted by atomic mass is 10.2. The van der Waals surface area contributed by atoms with E-state index in [1.807, 2.05) is 27.7 Å². The number of aryl methyl sites for hydroxylation is 1. The van der Waals surface area contributed by atoms with E-state index in [4.69, 9.17) is 0 Å². The first kappa shape index (κ1) is 15.4. The fourth-order valence-corrected chi connectivity index (χ4v) is 1.88. The van der Waals surface area contributed by atoms with Crippen molar-refractivity contribution >= 4 is 5.91 Å². The summed E-state index contributed by atoms with van der Waals surface area (Å²) in [6, 6.07) is 3.08. The summed E-state index contributed by atoms with van der Waals surface area (Å²) < 4.78 is 0. The summed E-state index contributed by atoms with van der Waals surface area (Å²) in [5.41, 5.74) is 1.41. The van der Waals surface area contributed by atoms with Gasteiger partial charge >= 0.3 is 0 Å². The summed E-state index contributed by atoms with van der Waals surface area (Å²) in [5.74, 6) is 0.220. The number of hydrogen-bond acceptors (Lipinski definition) is 4. The Balaban J connectivity index is 2.61. The van der Waals surface area contributed by atoms with Gasteiger partial charge in [-0.3, -0.25) is 9.78 Å². The van der Waals surface area contributed by atoms with Crippen LogP contribution >= 0.6 is 0 Å². The van der Waals surface area contributed by atoms with Crippen LogP contribution < -0.4 is 5.32 Å². The Kier molecular flexibility index (Phi) is 5.76. The Morgan fingerprint density at radius 2 is 2.05 bits per heavy atom. The van der Waals surface area contributed by atoms with Crippen molar-refractivity contribution in [2.75, 3.05) is 13.1 Å². The summed E-state index contributed by atoms with van der Waals surface area (Å²) >= 11 is 0. The van der Waals surface area contributed by atoms with Crippen LogP contribution in [0.15, 0.2) is 12.1 Å². The number of hydrogen-bond donors (Lipinski definition) is 2. The largest absolute Gasteiger partial charge is 0.506 e. The second-order valence-corrected chi connectivity index (χ2v) is 4.53. The summed E-state index contributed by atoms with van der Waals surface area (Å²) in [5, 5.41) is 12.8. The minimum Gasteiger partial charge on any atom is -0.506 e. The SMILES string of the molecule is CCN(CC)C(=O)C(C)NCc1nc(C)ccc1O. The molecular weight excluding hydrogens is 242 g/mol. The molecule has 0 spiro atoms. The Labute approximate surface area is 114 Å². The molecule has 0 aromatic carbocycles. The van der Waals surface area contributed by atoms with E-state index in [1.54, 1.807) is 17.0 Å². The molecule has 0 fully saturated rings. The number of amides is 1. The zero-order chi connectivity index (χ0) is 14.4. The first-order chi connectivity index (χ1) is 8.99. The molecule has 0 aliphatic carbocycles. The lowest BCUT2D eigenvalue weighted by Gasteiger charge is -2.23. The second-order valence-electron chi connectivity index (χ2n) is 4.53.